The standard InChI is InChI=1S/C25H24N2O4/c1-15(28)27-19-7-5-16(6-8-19)20-9-10-22-21(20)11-18(14-26-22)17-12-23(29-2)25(31-4)24(13-17)30-3/h5-9,11-14H,10H2,1-4H3,(H,27,28). The molecular formula is C25H24N2O4. The Morgan fingerprint density at radius 3 is 2.16 bits per heavy atom. The van der Waals surface area contributed by atoms with Crippen molar-refractivity contribution in [1.29, 1.82) is 0 Å². The third-order valence-electron chi connectivity index (χ3n) is 5.27. The summed E-state index contributed by atoms with van der Waals surface area (Å²) < 4.78 is 16.4. The summed E-state index contributed by atoms with van der Waals surface area (Å²) in [6.07, 6.45) is 4.84. The molecule has 6 heteroatoms. The number of hydrogen-bond acceptors (Lipinski definition) is 5. The normalized spacial score (nSPS) is 12.1. The van der Waals surface area contributed by atoms with E-state index in [4.69, 9.17) is 19.2 Å². The van der Waals surface area contributed by atoms with Gasteiger partial charge in [-0.15, -0.1) is 0 Å². The van der Waals surface area contributed by atoms with Gasteiger partial charge in [0.25, 0.3) is 0 Å². The van der Waals surface area contributed by atoms with E-state index in [1.165, 1.54) is 6.92 Å². The van der Waals surface area contributed by atoms with Gasteiger partial charge in [-0.2, -0.15) is 0 Å². The van der Waals surface area contributed by atoms with Gasteiger partial charge >= 0.3 is 0 Å². The number of pyridine rings is 1. The van der Waals surface area contributed by atoms with E-state index in [0.29, 0.717) is 17.2 Å². The number of fused-ring (bicyclic) bond motifs is 1. The average Bonchev–Trinajstić information content (AvgIpc) is 3.21. The third kappa shape index (κ3) is 3.97. The van der Waals surface area contributed by atoms with Gasteiger partial charge in [-0.1, -0.05) is 18.2 Å². The van der Waals surface area contributed by atoms with Gasteiger partial charge in [0.1, 0.15) is 0 Å². The Morgan fingerprint density at radius 2 is 1.58 bits per heavy atom. The second kappa shape index (κ2) is 8.52. The van der Waals surface area contributed by atoms with E-state index in [2.05, 4.69) is 17.5 Å². The molecule has 2 aromatic carbocycles. The van der Waals surface area contributed by atoms with Crippen molar-refractivity contribution in [3.8, 4) is 28.4 Å². The minimum Gasteiger partial charge on any atom is -0.493 e. The van der Waals surface area contributed by atoms with Gasteiger partial charge in [0, 0.05) is 36.4 Å². The highest BCUT2D eigenvalue weighted by atomic mass is 16.5. The number of nitrogens with zero attached hydrogens (tertiary/aromatic N) is 1. The molecule has 1 N–H and O–H groups in total. The summed E-state index contributed by atoms with van der Waals surface area (Å²) in [5, 5.41) is 2.80. The van der Waals surface area contributed by atoms with Crippen molar-refractivity contribution >= 4 is 17.2 Å². The molecule has 0 bridgehead atoms. The number of aromatic nitrogens is 1. The van der Waals surface area contributed by atoms with Crippen LogP contribution >= 0.6 is 0 Å². The zero-order chi connectivity index (χ0) is 22.0. The number of allylic oxidation sites excluding steroid dienone is 1. The van der Waals surface area contributed by atoms with Crippen LogP contribution in [0, 0.1) is 0 Å². The number of nitrogens with one attached hydrogen (secondary N) is 1. The molecule has 1 aliphatic carbocycles. The highest BCUT2D eigenvalue weighted by Crippen LogP contribution is 2.42. The molecule has 1 aliphatic rings. The maximum atomic E-state index is 11.3. The van der Waals surface area contributed by atoms with Crippen LogP contribution in [-0.4, -0.2) is 32.2 Å². The van der Waals surface area contributed by atoms with Gasteiger partial charge in [-0.05, 0) is 47.0 Å². The Kier molecular flexibility index (Phi) is 5.62. The van der Waals surface area contributed by atoms with Crippen molar-refractivity contribution in [2.45, 2.75) is 13.3 Å². The van der Waals surface area contributed by atoms with Crippen LogP contribution in [0.1, 0.15) is 23.7 Å². The number of carbonyl (C=O) groups excluding carboxylic acids is 1. The van der Waals surface area contributed by atoms with Crippen molar-refractivity contribution < 1.29 is 19.0 Å². The maximum Gasteiger partial charge on any atom is 0.221 e. The molecule has 6 nitrogen and oxygen atoms in total. The predicted octanol–water partition coefficient (Wildman–Crippen LogP) is 4.72. The molecule has 0 aliphatic heterocycles. The first-order valence-electron chi connectivity index (χ1n) is 9.92. The summed E-state index contributed by atoms with van der Waals surface area (Å²) in [4.78, 5) is 16.0. The molecule has 1 heterocycles. The van der Waals surface area contributed by atoms with Gasteiger partial charge in [0.2, 0.25) is 11.7 Å². The van der Waals surface area contributed by atoms with Crippen molar-refractivity contribution in [2.75, 3.05) is 26.6 Å². The van der Waals surface area contributed by atoms with Crippen molar-refractivity contribution in [3.63, 3.8) is 0 Å². The van der Waals surface area contributed by atoms with E-state index < -0.39 is 0 Å². The van der Waals surface area contributed by atoms with E-state index in [1.54, 1.807) is 21.3 Å². The van der Waals surface area contributed by atoms with Crippen LogP contribution in [0.5, 0.6) is 17.2 Å². The molecule has 0 saturated heterocycles. The first kappa shape index (κ1) is 20.5. The highest BCUT2D eigenvalue weighted by Gasteiger charge is 2.20. The van der Waals surface area contributed by atoms with E-state index in [0.717, 1.165) is 45.6 Å². The van der Waals surface area contributed by atoms with Crippen LogP contribution in [0.2, 0.25) is 0 Å². The molecule has 4 rings (SSSR count). The van der Waals surface area contributed by atoms with Crippen LogP contribution in [0.4, 0.5) is 5.69 Å². The minimum absolute atomic E-state index is 0.0858. The summed E-state index contributed by atoms with van der Waals surface area (Å²) in [6, 6.07) is 13.8. The Bertz CT molecular complexity index is 1140. The second-order valence-electron chi connectivity index (χ2n) is 7.21. The van der Waals surface area contributed by atoms with Crippen molar-refractivity contribution in [2.24, 2.45) is 0 Å². The fourth-order valence-electron chi connectivity index (χ4n) is 3.81. The lowest BCUT2D eigenvalue weighted by molar-refractivity contribution is -0.114. The molecular weight excluding hydrogens is 392 g/mol. The fourth-order valence-corrected chi connectivity index (χ4v) is 3.81. The monoisotopic (exact) mass is 416 g/mol. The molecule has 1 amide bonds. The molecule has 1 aromatic heterocycles. The highest BCUT2D eigenvalue weighted by molar-refractivity contribution is 5.90. The van der Waals surface area contributed by atoms with Gasteiger partial charge in [-0.3, -0.25) is 9.78 Å². The lowest BCUT2D eigenvalue weighted by Gasteiger charge is -2.15. The summed E-state index contributed by atoms with van der Waals surface area (Å²) >= 11 is 0. The second-order valence-corrected chi connectivity index (χ2v) is 7.21. The third-order valence-corrected chi connectivity index (χ3v) is 5.27. The van der Waals surface area contributed by atoms with Crippen LogP contribution in [0.25, 0.3) is 16.7 Å². The molecule has 0 radical (unpaired) electrons. The van der Waals surface area contributed by atoms with E-state index in [9.17, 15) is 4.79 Å². The van der Waals surface area contributed by atoms with Gasteiger partial charge in [0.05, 0.1) is 27.0 Å². The van der Waals surface area contributed by atoms with Crippen LogP contribution < -0.4 is 19.5 Å². The zero-order valence-corrected chi connectivity index (χ0v) is 18.0. The van der Waals surface area contributed by atoms with Gasteiger partial charge < -0.3 is 19.5 Å². The van der Waals surface area contributed by atoms with E-state index in [-0.39, 0.29) is 5.91 Å². The molecule has 3 aromatic rings. The number of carbonyl (C=O) groups is 1. The number of anilines is 1. The van der Waals surface area contributed by atoms with Crippen LogP contribution in [-0.2, 0) is 11.2 Å². The maximum absolute atomic E-state index is 11.3. The SMILES string of the molecule is COc1cc(-c2cnc3c(c2)C(c2ccc(NC(C)=O)cc2)=CC3)cc(OC)c1OC. The number of ether oxygens (including phenoxy) is 3. The molecule has 0 unspecified atom stereocenters. The number of benzene rings is 2. The number of rotatable bonds is 6. The smallest absolute Gasteiger partial charge is 0.221 e. The van der Waals surface area contributed by atoms with Crippen LogP contribution in [0.3, 0.4) is 0 Å². The molecule has 31 heavy (non-hydrogen) atoms. The largest absolute Gasteiger partial charge is 0.493 e. The summed E-state index contributed by atoms with van der Waals surface area (Å²) in [5.74, 6) is 1.67. The Labute approximate surface area is 181 Å². The molecule has 0 spiro atoms. The summed E-state index contributed by atoms with van der Waals surface area (Å²) in [5.41, 5.74) is 7.01. The molecule has 0 atom stereocenters. The quantitative estimate of drug-likeness (QED) is 0.630. The summed E-state index contributed by atoms with van der Waals surface area (Å²) in [7, 11) is 4.80. The average molecular weight is 416 g/mol. The van der Waals surface area contributed by atoms with Crippen LogP contribution in [0.15, 0.2) is 54.7 Å². The van der Waals surface area contributed by atoms with Gasteiger partial charge in [-0.25, -0.2) is 0 Å². The predicted molar refractivity (Wildman–Crippen MR) is 121 cm³/mol. The summed E-state index contributed by atoms with van der Waals surface area (Å²) in [6.45, 7) is 1.50. The van der Waals surface area contributed by atoms with Gasteiger partial charge in [0.15, 0.2) is 11.5 Å². The van der Waals surface area contributed by atoms with E-state index in [1.807, 2.05) is 42.6 Å². The number of amides is 1. The Hall–Kier alpha value is -3.80. The molecule has 0 fully saturated rings. The lowest BCUT2D eigenvalue weighted by atomic mass is 9.97. The minimum atomic E-state index is -0.0858. The number of hydrogen-bond donors (Lipinski definition) is 1. The fraction of sp³-hybridized carbons (Fsp3) is 0.200. The topological polar surface area (TPSA) is 69.7 Å². The molecule has 158 valence electrons. The van der Waals surface area contributed by atoms with Crippen molar-refractivity contribution in [3.05, 3.63) is 71.6 Å². The molecule has 0 saturated carbocycles. The number of methoxy groups -OCH3 is 3. The van der Waals surface area contributed by atoms with E-state index >= 15 is 0 Å². The first-order chi connectivity index (χ1) is 15.0. The zero-order valence-electron chi connectivity index (χ0n) is 18.0. The Morgan fingerprint density at radius 1 is 0.903 bits per heavy atom. The van der Waals surface area contributed by atoms with Crippen molar-refractivity contribution in [1.82, 2.24) is 4.98 Å². The first-order valence-corrected chi connectivity index (χ1v) is 9.92. The lowest BCUT2D eigenvalue weighted by Crippen LogP contribution is -2.05. The Balaban J connectivity index is 1.71.